The first-order valence-electron chi connectivity index (χ1n) is 8.25. The second-order valence-corrected chi connectivity index (χ2v) is 7.50. The molecule has 1 fully saturated rings. The van der Waals surface area contributed by atoms with Gasteiger partial charge in [0.1, 0.15) is 0 Å². The lowest BCUT2D eigenvalue weighted by Crippen LogP contribution is -2.30. The van der Waals surface area contributed by atoms with Crippen LogP contribution in [0.2, 0.25) is 0 Å². The Morgan fingerprint density at radius 3 is 2.52 bits per heavy atom. The molecule has 1 aromatic rings. The molecule has 0 radical (unpaired) electrons. The quantitative estimate of drug-likeness (QED) is 0.816. The lowest BCUT2D eigenvalue weighted by atomic mass is 10.0. The Bertz CT molecular complexity index is 420. The summed E-state index contributed by atoms with van der Waals surface area (Å²) in [5, 5.41) is 4.85. The minimum atomic E-state index is 0.391. The first kappa shape index (κ1) is 16.9. The zero-order valence-corrected chi connectivity index (χ0v) is 14.6. The molecule has 0 amide bonds. The molecule has 2 nitrogen and oxygen atoms in total. The number of benzene rings is 1. The molecule has 0 aromatic heterocycles. The van der Waals surface area contributed by atoms with Crippen molar-refractivity contribution < 1.29 is 4.74 Å². The average molecular weight is 308 g/mol. The number of aryl methyl sites for hydroxylation is 1. The van der Waals surface area contributed by atoms with E-state index in [1.165, 1.54) is 17.5 Å². The van der Waals surface area contributed by atoms with E-state index < -0.39 is 0 Å². The fourth-order valence-electron chi connectivity index (χ4n) is 2.98. The third-order valence-electron chi connectivity index (χ3n) is 4.34. The van der Waals surface area contributed by atoms with Crippen molar-refractivity contribution >= 4 is 11.8 Å². The number of nitrogens with one attached hydrogen (secondary N) is 1. The van der Waals surface area contributed by atoms with Crippen LogP contribution in [0.1, 0.15) is 51.3 Å². The van der Waals surface area contributed by atoms with Crippen LogP contribution in [0, 0.1) is 0 Å². The molecule has 1 aromatic carbocycles. The Morgan fingerprint density at radius 1 is 1.29 bits per heavy atom. The third-order valence-corrected chi connectivity index (χ3v) is 6.01. The lowest BCUT2D eigenvalue weighted by Gasteiger charge is -2.28. The molecule has 2 rings (SSSR count). The van der Waals surface area contributed by atoms with Crippen molar-refractivity contribution in [3.8, 4) is 0 Å². The summed E-state index contributed by atoms with van der Waals surface area (Å²) in [6.07, 6.45) is 2.68. The first-order valence-corrected chi connectivity index (χ1v) is 9.19. The van der Waals surface area contributed by atoms with Crippen LogP contribution in [0.25, 0.3) is 0 Å². The summed E-state index contributed by atoms with van der Waals surface area (Å²) in [6, 6.07) is 9.52. The topological polar surface area (TPSA) is 21.3 Å². The van der Waals surface area contributed by atoms with Crippen molar-refractivity contribution in [3.63, 3.8) is 0 Å². The molecule has 4 unspecified atom stereocenters. The van der Waals surface area contributed by atoms with Gasteiger partial charge in [-0.3, -0.25) is 0 Å². The first-order chi connectivity index (χ1) is 10.2. The maximum Gasteiger partial charge on any atom is 0.0666 e. The van der Waals surface area contributed by atoms with Crippen molar-refractivity contribution in [1.82, 2.24) is 5.32 Å². The molecule has 1 aliphatic rings. The van der Waals surface area contributed by atoms with Gasteiger partial charge in [0.15, 0.2) is 0 Å². The highest BCUT2D eigenvalue weighted by Gasteiger charge is 2.29. The van der Waals surface area contributed by atoms with Crippen LogP contribution in [0.3, 0.4) is 0 Å². The van der Waals surface area contributed by atoms with E-state index in [1.807, 2.05) is 0 Å². The van der Waals surface area contributed by atoms with Crippen LogP contribution >= 0.6 is 11.8 Å². The monoisotopic (exact) mass is 307 g/mol. The second kappa shape index (κ2) is 8.21. The van der Waals surface area contributed by atoms with Gasteiger partial charge in [0.25, 0.3) is 0 Å². The van der Waals surface area contributed by atoms with Crippen molar-refractivity contribution in [3.05, 3.63) is 35.4 Å². The predicted octanol–water partition coefficient (Wildman–Crippen LogP) is 4.20. The summed E-state index contributed by atoms with van der Waals surface area (Å²) in [5.41, 5.74) is 2.81. The number of thioether (sulfide) groups is 1. The van der Waals surface area contributed by atoms with E-state index in [0.717, 1.165) is 19.6 Å². The average Bonchev–Trinajstić information content (AvgIpc) is 2.90. The Balaban J connectivity index is 2.05. The number of hydrogen-bond acceptors (Lipinski definition) is 3. The predicted molar refractivity (Wildman–Crippen MR) is 93.1 cm³/mol. The zero-order chi connectivity index (χ0) is 15.2. The highest BCUT2D eigenvalue weighted by atomic mass is 32.2. The van der Waals surface area contributed by atoms with E-state index >= 15 is 0 Å². The van der Waals surface area contributed by atoms with Gasteiger partial charge in [-0.2, -0.15) is 11.8 Å². The number of hydrogen-bond donors (Lipinski definition) is 1. The normalized spacial score (nSPS) is 25.0. The van der Waals surface area contributed by atoms with Gasteiger partial charge in [-0.05, 0) is 37.4 Å². The van der Waals surface area contributed by atoms with Gasteiger partial charge in [-0.25, -0.2) is 0 Å². The number of ether oxygens (including phenoxy) is 1. The van der Waals surface area contributed by atoms with Gasteiger partial charge in [0, 0.05) is 23.1 Å². The Kier molecular flexibility index (Phi) is 6.59. The minimum Gasteiger partial charge on any atom is -0.377 e. The van der Waals surface area contributed by atoms with Crippen LogP contribution in [0.5, 0.6) is 0 Å². The van der Waals surface area contributed by atoms with Crippen LogP contribution in [0.15, 0.2) is 24.3 Å². The fourth-order valence-corrected chi connectivity index (χ4v) is 4.47. The summed E-state index contributed by atoms with van der Waals surface area (Å²) in [4.78, 5) is 0. The van der Waals surface area contributed by atoms with Crippen molar-refractivity contribution in [2.75, 3.05) is 13.2 Å². The van der Waals surface area contributed by atoms with Gasteiger partial charge in [-0.1, -0.05) is 45.0 Å². The largest absolute Gasteiger partial charge is 0.377 e. The van der Waals surface area contributed by atoms with E-state index in [1.54, 1.807) is 0 Å². The minimum absolute atomic E-state index is 0.391. The van der Waals surface area contributed by atoms with E-state index in [0.29, 0.717) is 22.6 Å². The van der Waals surface area contributed by atoms with E-state index in [2.05, 4.69) is 69.0 Å². The molecule has 0 aliphatic carbocycles. The third kappa shape index (κ3) is 4.48. The standard InChI is InChI=1S/C18H29NOS/c1-5-15-7-9-16(10-8-15)18(19-6-2)14(4)21-17-11-12-20-13(17)3/h7-10,13-14,17-19H,5-6,11-12H2,1-4H3. The molecule has 21 heavy (non-hydrogen) atoms. The van der Waals surface area contributed by atoms with Crippen LogP contribution in [-0.4, -0.2) is 29.8 Å². The fraction of sp³-hybridized carbons (Fsp3) is 0.667. The smallest absolute Gasteiger partial charge is 0.0666 e. The lowest BCUT2D eigenvalue weighted by molar-refractivity contribution is 0.127. The molecule has 4 atom stereocenters. The molecule has 3 heteroatoms. The summed E-state index contributed by atoms with van der Waals surface area (Å²) >= 11 is 2.08. The Hall–Kier alpha value is -0.510. The summed E-state index contributed by atoms with van der Waals surface area (Å²) in [6.45, 7) is 10.9. The highest BCUT2D eigenvalue weighted by Crippen LogP contribution is 2.35. The second-order valence-electron chi connectivity index (χ2n) is 5.87. The molecular formula is C18H29NOS. The van der Waals surface area contributed by atoms with Gasteiger partial charge in [0.05, 0.1) is 6.10 Å². The van der Waals surface area contributed by atoms with Crippen molar-refractivity contribution in [2.24, 2.45) is 0 Å². The van der Waals surface area contributed by atoms with Crippen LogP contribution < -0.4 is 5.32 Å². The summed E-state index contributed by atoms with van der Waals surface area (Å²) in [7, 11) is 0. The molecule has 0 spiro atoms. The van der Waals surface area contributed by atoms with Gasteiger partial charge >= 0.3 is 0 Å². The molecule has 1 aliphatic heterocycles. The van der Waals surface area contributed by atoms with E-state index in [4.69, 9.17) is 4.74 Å². The maximum atomic E-state index is 5.70. The van der Waals surface area contributed by atoms with Crippen molar-refractivity contribution in [1.29, 1.82) is 0 Å². The highest BCUT2D eigenvalue weighted by molar-refractivity contribution is 8.00. The van der Waals surface area contributed by atoms with E-state index in [9.17, 15) is 0 Å². The number of rotatable bonds is 7. The van der Waals surface area contributed by atoms with Crippen LogP contribution in [-0.2, 0) is 11.2 Å². The van der Waals surface area contributed by atoms with Crippen molar-refractivity contribution in [2.45, 2.75) is 63.2 Å². The summed E-state index contributed by atoms with van der Waals surface area (Å²) < 4.78 is 5.70. The maximum absolute atomic E-state index is 5.70. The molecule has 1 saturated heterocycles. The molecule has 118 valence electrons. The van der Waals surface area contributed by atoms with E-state index in [-0.39, 0.29) is 0 Å². The van der Waals surface area contributed by atoms with Crippen LogP contribution in [0.4, 0.5) is 0 Å². The molecule has 1 N–H and O–H groups in total. The summed E-state index contributed by atoms with van der Waals surface area (Å²) in [5.74, 6) is 0. The van der Waals surface area contributed by atoms with Gasteiger partial charge in [0.2, 0.25) is 0 Å². The van der Waals surface area contributed by atoms with Gasteiger partial charge in [-0.15, -0.1) is 0 Å². The molecule has 0 bridgehead atoms. The molecular weight excluding hydrogens is 278 g/mol. The Labute approximate surface area is 134 Å². The Morgan fingerprint density at radius 2 is 2.00 bits per heavy atom. The molecule has 1 heterocycles. The van der Waals surface area contributed by atoms with Gasteiger partial charge < -0.3 is 10.1 Å². The SMILES string of the molecule is CCNC(c1ccc(CC)cc1)C(C)SC1CCOC1C. The molecule has 0 saturated carbocycles. The zero-order valence-electron chi connectivity index (χ0n) is 13.8.